The fourth-order valence-corrected chi connectivity index (χ4v) is 2.23. The fourth-order valence-electron chi connectivity index (χ4n) is 1.66. The van der Waals surface area contributed by atoms with Gasteiger partial charge in [-0.25, -0.2) is 10.8 Å². The molecule has 0 bridgehead atoms. The van der Waals surface area contributed by atoms with Crippen LogP contribution in [0.25, 0.3) is 0 Å². The summed E-state index contributed by atoms with van der Waals surface area (Å²) in [5.74, 6) is 6.26. The molecule has 0 fully saturated rings. The largest absolute Gasteiger partial charge is 0.363 e. The number of anilines is 2. The van der Waals surface area contributed by atoms with E-state index in [1.54, 1.807) is 24.4 Å². The Kier molecular flexibility index (Phi) is 4.42. The topological polar surface area (TPSA) is 75.9 Å². The fraction of sp³-hybridized carbons (Fsp3) is 0.167. The molecule has 0 spiro atoms. The number of hydrogen-bond donors (Lipinski definition) is 3. The van der Waals surface area contributed by atoms with E-state index in [0.717, 1.165) is 5.56 Å². The van der Waals surface area contributed by atoms with Crippen molar-refractivity contribution >= 4 is 35.0 Å². The van der Waals surface area contributed by atoms with Gasteiger partial charge < -0.3 is 5.32 Å². The van der Waals surface area contributed by atoms with Gasteiger partial charge in [-0.15, -0.1) is 0 Å². The molecule has 1 aromatic carbocycles. The average Bonchev–Trinajstić information content (AvgIpc) is 2.38. The summed E-state index contributed by atoms with van der Waals surface area (Å²) in [5.41, 5.74) is 3.33. The van der Waals surface area contributed by atoms with E-state index in [9.17, 15) is 0 Å². The Balaban J connectivity index is 2.17. The van der Waals surface area contributed by atoms with Crippen molar-refractivity contribution in [2.24, 2.45) is 5.84 Å². The molecule has 2 rings (SSSR count). The van der Waals surface area contributed by atoms with Gasteiger partial charge in [-0.2, -0.15) is 4.98 Å². The van der Waals surface area contributed by atoms with Crippen LogP contribution in [0.2, 0.25) is 10.0 Å². The summed E-state index contributed by atoms with van der Waals surface area (Å²) in [6.45, 7) is 1.98. The molecule has 0 radical (unpaired) electrons. The Morgan fingerprint density at radius 1 is 1.26 bits per heavy atom. The number of benzene rings is 1. The molecule has 0 aliphatic carbocycles. The van der Waals surface area contributed by atoms with Crippen molar-refractivity contribution in [2.45, 2.75) is 13.0 Å². The predicted octanol–water partition coefficient (Wildman–Crippen LogP) is 3.24. The first kappa shape index (κ1) is 13.9. The molecule has 7 heteroatoms. The molecule has 1 unspecified atom stereocenters. The highest BCUT2D eigenvalue weighted by Crippen LogP contribution is 2.28. The minimum atomic E-state index is -0.0229. The third kappa shape index (κ3) is 3.47. The Morgan fingerprint density at radius 2 is 2.05 bits per heavy atom. The second-order valence-corrected chi connectivity index (χ2v) is 4.79. The van der Waals surface area contributed by atoms with E-state index in [1.165, 1.54) is 0 Å². The van der Waals surface area contributed by atoms with Gasteiger partial charge >= 0.3 is 0 Å². The van der Waals surface area contributed by atoms with Crippen LogP contribution in [0, 0.1) is 0 Å². The lowest BCUT2D eigenvalue weighted by Gasteiger charge is -2.16. The SMILES string of the molecule is CC(Nc1ccnc(NN)n1)c1ccc(Cl)cc1Cl. The lowest BCUT2D eigenvalue weighted by molar-refractivity contribution is 0.872. The van der Waals surface area contributed by atoms with Crippen molar-refractivity contribution in [3.05, 3.63) is 46.1 Å². The van der Waals surface area contributed by atoms with Gasteiger partial charge in [0.05, 0.1) is 6.04 Å². The molecular formula is C12H13Cl2N5. The molecule has 1 aromatic heterocycles. The Morgan fingerprint density at radius 3 is 2.74 bits per heavy atom. The molecule has 1 atom stereocenters. The van der Waals surface area contributed by atoms with Crippen LogP contribution in [0.1, 0.15) is 18.5 Å². The van der Waals surface area contributed by atoms with Crippen LogP contribution < -0.4 is 16.6 Å². The molecule has 4 N–H and O–H groups in total. The van der Waals surface area contributed by atoms with Gasteiger partial charge in [0, 0.05) is 16.2 Å². The Hall–Kier alpha value is -1.56. The Bertz CT molecular complexity index is 576. The van der Waals surface area contributed by atoms with Crippen molar-refractivity contribution in [3.63, 3.8) is 0 Å². The number of hydrazine groups is 1. The molecule has 0 amide bonds. The van der Waals surface area contributed by atoms with Gasteiger partial charge in [-0.1, -0.05) is 29.3 Å². The van der Waals surface area contributed by atoms with Crippen LogP contribution in [0.5, 0.6) is 0 Å². The van der Waals surface area contributed by atoms with Crippen LogP contribution in [0.15, 0.2) is 30.5 Å². The monoisotopic (exact) mass is 297 g/mol. The maximum atomic E-state index is 6.16. The predicted molar refractivity (Wildman–Crippen MR) is 78.3 cm³/mol. The number of aromatic nitrogens is 2. The van der Waals surface area contributed by atoms with Crippen LogP contribution in [0.3, 0.4) is 0 Å². The molecule has 100 valence electrons. The van der Waals surface area contributed by atoms with Crippen molar-refractivity contribution in [3.8, 4) is 0 Å². The maximum absolute atomic E-state index is 6.16. The zero-order valence-electron chi connectivity index (χ0n) is 10.2. The first-order valence-electron chi connectivity index (χ1n) is 5.61. The summed E-state index contributed by atoms with van der Waals surface area (Å²) in [5, 5.41) is 4.44. The Labute approximate surface area is 121 Å². The van der Waals surface area contributed by atoms with Crippen LogP contribution in [-0.2, 0) is 0 Å². The summed E-state index contributed by atoms with van der Waals surface area (Å²) in [7, 11) is 0. The van der Waals surface area contributed by atoms with Crippen LogP contribution in [0.4, 0.5) is 11.8 Å². The van der Waals surface area contributed by atoms with E-state index in [-0.39, 0.29) is 6.04 Å². The average molecular weight is 298 g/mol. The third-order valence-corrected chi connectivity index (χ3v) is 3.14. The minimum Gasteiger partial charge on any atom is -0.363 e. The van der Waals surface area contributed by atoms with Gasteiger partial charge in [0.2, 0.25) is 5.95 Å². The summed E-state index contributed by atoms with van der Waals surface area (Å²) in [6.07, 6.45) is 1.61. The minimum absolute atomic E-state index is 0.0229. The maximum Gasteiger partial charge on any atom is 0.239 e. The van der Waals surface area contributed by atoms with Gasteiger partial charge in [-0.05, 0) is 30.7 Å². The smallest absolute Gasteiger partial charge is 0.239 e. The molecule has 0 saturated carbocycles. The van der Waals surface area contributed by atoms with Crippen molar-refractivity contribution in [1.29, 1.82) is 0 Å². The first-order chi connectivity index (χ1) is 9.10. The zero-order valence-corrected chi connectivity index (χ0v) is 11.7. The number of nitrogens with two attached hydrogens (primary N) is 1. The summed E-state index contributed by atoms with van der Waals surface area (Å²) < 4.78 is 0. The first-order valence-corrected chi connectivity index (χ1v) is 6.37. The number of nitrogens with one attached hydrogen (secondary N) is 2. The quantitative estimate of drug-likeness (QED) is 0.597. The van der Waals surface area contributed by atoms with E-state index in [4.69, 9.17) is 29.0 Å². The second-order valence-electron chi connectivity index (χ2n) is 3.94. The number of halogens is 2. The van der Waals surface area contributed by atoms with Gasteiger partial charge in [-0.3, -0.25) is 5.43 Å². The van der Waals surface area contributed by atoms with E-state index in [2.05, 4.69) is 20.7 Å². The lowest BCUT2D eigenvalue weighted by atomic mass is 10.1. The molecule has 0 aliphatic heterocycles. The summed E-state index contributed by atoms with van der Waals surface area (Å²) in [4.78, 5) is 8.11. The van der Waals surface area contributed by atoms with Crippen LogP contribution in [-0.4, -0.2) is 9.97 Å². The van der Waals surface area contributed by atoms with Crippen LogP contribution >= 0.6 is 23.2 Å². The van der Waals surface area contributed by atoms with Crippen molar-refractivity contribution < 1.29 is 0 Å². The molecule has 2 aromatic rings. The molecule has 0 saturated heterocycles. The highest BCUT2D eigenvalue weighted by molar-refractivity contribution is 6.35. The van der Waals surface area contributed by atoms with Gasteiger partial charge in [0.1, 0.15) is 5.82 Å². The summed E-state index contributed by atoms with van der Waals surface area (Å²) in [6, 6.07) is 7.12. The molecule has 5 nitrogen and oxygen atoms in total. The van der Waals surface area contributed by atoms with Crippen molar-refractivity contribution in [1.82, 2.24) is 9.97 Å². The summed E-state index contributed by atoms with van der Waals surface area (Å²) >= 11 is 12.0. The van der Waals surface area contributed by atoms with E-state index >= 15 is 0 Å². The molecule has 19 heavy (non-hydrogen) atoms. The third-order valence-electron chi connectivity index (χ3n) is 2.58. The van der Waals surface area contributed by atoms with E-state index in [0.29, 0.717) is 21.8 Å². The highest BCUT2D eigenvalue weighted by Gasteiger charge is 2.10. The van der Waals surface area contributed by atoms with E-state index < -0.39 is 0 Å². The molecule has 1 heterocycles. The van der Waals surface area contributed by atoms with Crippen molar-refractivity contribution in [2.75, 3.05) is 10.7 Å². The highest BCUT2D eigenvalue weighted by atomic mass is 35.5. The number of nitrogen functional groups attached to an aromatic ring is 1. The second kappa shape index (κ2) is 6.06. The lowest BCUT2D eigenvalue weighted by Crippen LogP contribution is -2.13. The standard InChI is InChI=1S/C12H13Cl2N5/c1-7(9-3-2-8(13)6-10(9)14)17-11-4-5-16-12(18-11)19-15/h2-7H,15H2,1H3,(H2,16,17,18,19). The molecular weight excluding hydrogens is 285 g/mol. The number of rotatable bonds is 4. The number of hydrogen-bond acceptors (Lipinski definition) is 5. The zero-order chi connectivity index (χ0) is 13.8. The van der Waals surface area contributed by atoms with Gasteiger partial charge in [0.15, 0.2) is 0 Å². The normalized spacial score (nSPS) is 12.0. The molecule has 0 aliphatic rings. The van der Waals surface area contributed by atoms with E-state index in [1.807, 2.05) is 13.0 Å². The number of nitrogens with zero attached hydrogens (tertiary/aromatic N) is 2. The van der Waals surface area contributed by atoms with Gasteiger partial charge in [0.25, 0.3) is 0 Å².